The van der Waals surface area contributed by atoms with Crippen molar-refractivity contribution in [2.24, 2.45) is 0 Å². The fourth-order valence-electron chi connectivity index (χ4n) is 7.85. The molecule has 10 aromatic rings. The molecule has 0 unspecified atom stereocenters. The number of hydrogen-bond donors (Lipinski definition) is 0. The minimum absolute atomic E-state index is 1.16. The molecule has 0 saturated heterocycles. The molecule has 2 heteroatoms. The van der Waals surface area contributed by atoms with Crippen LogP contribution in [0.5, 0.6) is 0 Å². The molecule has 0 radical (unpaired) electrons. The van der Waals surface area contributed by atoms with Gasteiger partial charge in [0.25, 0.3) is 0 Å². The second-order valence-corrected chi connectivity index (χ2v) is 13.0. The van der Waals surface area contributed by atoms with E-state index in [4.69, 9.17) is 0 Å². The summed E-state index contributed by atoms with van der Waals surface area (Å²) in [7, 11) is 0. The smallest absolute Gasteiger partial charge is 0.0547 e. The van der Waals surface area contributed by atoms with Crippen LogP contribution < -0.4 is 0 Å². The Balaban J connectivity index is 1.19. The molecule has 234 valence electrons. The monoisotopic (exact) mass is 636 g/mol. The Morgan fingerprint density at radius 2 is 0.760 bits per heavy atom. The Bertz CT molecular complexity index is 2840. The average molecular weight is 637 g/mol. The fraction of sp³-hybridized carbons (Fsp3) is 0. The highest BCUT2D eigenvalue weighted by Crippen LogP contribution is 2.41. The van der Waals surface area contributed by atoms with E-state index in [0.29, 0.717) is 0 Å². The molecule has 0 amide bonds. The molecule has 0 N–H and O–H groups in total. The van der Waals surface area contributed by atoms with E-state index in [1.54, 1.807) is 0 Å². The van der Waals surface area contributed by atoms with E-state index in [9.17, 15) is 0 Å². The number of para-hydroxylation sites is 2. The van der Waals surface area contributed by atoms with Crippen molar-refractivity contribution in [3.63, 3.8) is 0 Å². The van der Waals surface area contributed by atoms with Gasteiger partial charge in [0.15, 0.2) is 0 Å². The zero-order valence-electron chi connectivity index (χ0n) is 27.4. The Hall–Kier alpha value is -6.64. The highest BCUT2D eigenvalue weighted by atomic mass is 15.0. The number of hydrogen-bond acceptors (Lipinski definition) is 0. The summed E-state index contributed by atoms with van der Waals surface area (Å²) >= 11 is 0. The summed E-state index contributed by atoms with van der Waals surface area (Å²) in [6.45, 7) is 0. The van der Waals surface area contributed by atoms with E-state index in [1.165, 1.54) is 77.0 Å². The Morgan fingerprint density at radius 3 is 1.52 bits per heavy atom. The maximum atomic E-state index is 2.41. The van der Waals surface area contributed by atoms with Crippen LogP contribution in [0.1, 0.15) is 0 Å². The molecule has 0 fully saturated rings. The zero-order valence-corrected chi connectivity index (χ0v) is 27.4. The summed E-state index contributed by atoms with van der Waals surface area (Å²) in [5.41, 5.74) is 14.5. The predicted molar refractivity (Wildman–Crippen MR) is 211 cm³/mol. The van der Waals surface area contributed by atoms with Crippen LogP contribution in [0.25, 0.3) is 88.4 Å². The molecule has 0 aliphatic heterocycles. The number of nitrogens with zero attached hydrogens (tertiary/aromatic N) is 2. The van der Waals surface area contributed by atoms with E-state index < -0.39 is 0 Å². The van der Waals surface area contributed by atoms with E-state index in [0.717, 1.165) is 11.4 Å². The lowest BCUT2D eigenvalue weighted by Crippen LogP contribution is -1.94. The van der Waals surface area contributed by atoms with Gasteiger partial charge in [0, 0.05) is 32.9 Å². The molecule has 50 heavy (non-hydrogen) atoms. The summed E-state index contributed by atoms with van der Waals surface area (Å²) < 4.78 is 4.81. The normalized spacial score (nSPS) is 11.6. The Morgan fingerprint density at radius 1 is 0.260 bits per heavy atom. The maximum Gasteiger partial charge on any atom is 0.0547 e. The van der Waals surface area contributed by atoms with Crippen LogP contribution >= 0.6 is 0 Å². The minimum Gasteiger partial charge on any atom is -0.309 e. The molecule has 8 aromatic carbocycles. The van der Waals surface area contributed by atoms with Crippen LogP contribution in [-0.2, 0) is 0 Å². The molecule has 2 aromatic heterocycles. The molecule has 0 saturated carbocycles. The van der Waals surface area contributed by atoms with Crippen molar-refractivity contribution >= 4 is 43.6 Å². The van der Waals surface area contributed by atoms with Gasteiger partial charge in [-0.2, -0.15) is 0 Å². The van der Waals surface area contributed by atoms with E-state index in [2.05, 4.69) is 203 Å². The fourth-order valence-corrected chi connectivity index (χ4v) is 7.85. The number of fused-ring (bicyclic) bond motifs is 6. The highest BCUT2D eigenvalue weighted by molar-refractivity contribution is 6.17. The summed E-state index contributed by atoms with van der Waals surface area (Å²) in [4.78, 5) is 0. The molecule has 0 aliphatic rings. The van der Waals surface area contributed by atoms with Gasteiger partial charge in [0.2, 0.25) is 0 Å². The first-order valence-corrected chi connectivity index (χ1v) is 17.2. The maximum absolute atomic E-state index is 2.41. The number of benzene rings is 8. The third kappa shape index (κ3) is 4.50. The first-order chi connectivity index (χ1) is 24.8. The Labute approximate surface area is 290 Å². The third-order valence-electron chi connectivity index (χ3n) is 10.1. The molecular formula is C48H32N2. The van der Waals surface area contributed by atoms with Gasteiger partial charge >= 0.3 is 0 Å². The third-order valence-corrected chi connectivity index (χ3v) is 10.1. The van der Waals surface area contributed by atoms with Crippen LogP contribution in [0.15, 0.2) is 194 Å². The molecule has 0 spiro atoms. The number of rotatable bonds is 5. The van der Waals surface area contributed by atoms with Gasteiger partial charge in [-0.3, -0.25) is 0 Å². The molecule has 2 nitrogen and oxygen atoms in total. The second kappa shape index (κ2) is 11.5. The zero-order chi connectivity index (χ0) is 33.0. The van der Waals surface area contributed by atoms with Crippen LogP contribution in [0.3, 0.4) is 0 Å². The standard InChI is InChI=1S/C48H32N2/c1-4-14-33(15-5-1)35-18-12-21-39(30-35)50-44-24-11-10-22-41(44)42-31-36(26-28-45(42)50)37-27-29-46-43(32-37)48-40(34-16-6-2-7-17-34)23-13-25-47(48)49(46)38-19-8-3-9-20-38/h1-32H. The summed E-state index contributed by atoms with van der Waals surface area (Å²) in [6, 6.07) is 70.4. The van der Waals surface area contributed by atoms with Crippen LogP contribution in [0.4, 0.5) is 0 Å². The Kier molecular flexibility index (Phi) is 6.53. The lowest BCUT2D eigenvalue weighted by molar-refractivity contribution is 1.18. The summed E-state index contributed by atoms with van der Waals surface area (Å²) in [6.07, 6.45) is 0. The van der Waals surface area contributed by atoms with Gasteiger partial charge in [0.1, 0.15) is 0 Å². The van der Waals surface area contributed by atoms with Gasteiger partial charge in [-0.05, 0) is 94.0 Å². The van der Waals surface area contributed by atoms with Crippen LogP contribution in [-0.4, -0.2) is 9.13 Å². The van der Waals surface area contributed by atoms with Gasteiger partial charge in [0.05, 0.1) is 22.1 Å². The summed E-state index contributed by atoms with van der Waals surface area (Å²) in [5, 5.41) is 5.03. The van der Waals surface area contributed by atoms with Crippen molar-refractivity contribution in [3.05, 3.63) is 194 Å². The van der Waals surface area contributed by atoms with Gasteiger partial charge in [-0.1, -0.05) is 133 Å². The van der Waals surface area contributed by atoms with Crippen LogP contribution in [0.2, 0.25) is 0 Å². The molecule has 10 rings (SSSR count). The number of aromatic nitrogens is 2. The first-order valence-electron chi connectivity index (χ1n) is 17.2. The van der Waals surface area contributed by atoms with Gasteiger partial charge in [-0.15, -0.1) is 0 Å². The lowest BCUT2D eigenvalue weighted by Gasteiger charge is -2.11. The molecule has 0 aliphatic carbocycles. The second-order valence-electron chi connectivity index (χ2n) is 13.0. The largest absolute Gasteiger partial charge is 0.309 e. The predicted octanol–water partition coefficient (Wildman–Crippen LogP) is 12.9. The van der Waals surface area contributed by atoms with Crippen molar-refractivity contribution in [1.82, 2.24) is 9.13 Å². The topological polar surface area (TPSA) is 9.86 Å². The van der Waals surface area contributed by atoms with E-state index >= 15 is 0 Å². The average Bonchev–Trinajstić information content (AvgIpc) is 3.71. The minimum atomic E-state index is 1.16. The summed E-state index contributed by atoms with van der Waals surface area (Å²) in [5.74, 6) is 0. The van der Waals surface area contributed by atoms with E-state index in [1.807, 2.05) is 0 Å². The van der Waals surface area contributed by atoms with Crippen molar-refractivity contribution < 1.29 is 0 Å². The first kappa shape index (κ1) is 28.4. The molecule has 0 bridgehead atoms. The van der Waals surface area contributed by atoms with Gasteiger partial charge in [-0.25, -0.2) is 0 Å². The SMILES string of the molecule is c1ccc(-c2cccc(-n3c4ccccc4c4cc(-c5ccc6c(c5)c5c(-c7ccccc7)cccc5n6-c5ccccc5)ccc43)c2)cc1. The van der Waals surface area contributed by atoms with Crippen molar-refractivity contribution in [2.45, 2.75) is 0 Å². The quantitative estimate of drug-likeness (QED) is 0.178. The molecular weight excluding hydrogens is 605 g/mol. The highest BCUT2D eigenvalue weighted by Gasteiger charge is 2.18. The van der Waals surface area contributed by atoms with Crippen molar-refractivity contribution in [3.8, 4) is 44.8 Å². The van der Waals surface area contributed by atoms with E-state index in [-0.39, 0.29) is 0 Å². The lowest BCUT2D eigenvalue weighted by atomic mass is 9.97. The molecule has 0 atom stereocenters. The van der Waals surface area contributed by atoms with Crippen molar-refractivity contribution in [2.75, 3.05) is 0 Å². The van der Waals surface area contributed by atoms with Crippen LogP contribution in [0, 0.1) is 0 Å². The van der Waals surface area contributed by atoms with Gasteiger partial charge < -0.3 is 9.13 Å². The van der Waals surface area contributed by atoms with Crippen molar-refractivity contribution in [1.29, 1.82) is 0 Å². The molecule has 2 heterocycles.